The molecule has 1 atom stereocenters. The van der Waals surface area contributed by atoms with Crippen LogP contribution >= 0.6 is 0 Å². The van der Waals surface area contributed by atoms with E-state index >= 15 is 0 Å². The zero-order chi connectivity index (χ0) is 13.3. The Labute approximate surface area is 104 Å². The van der Waals surface area contributed by atoms with Crippen LogP contribution in [0.5, 0.6) is 5.75 Å². The Balaban J connectivity index is 2.04. The Morgan fingerprint density at radius 2 is 1.94 bits per heavy atom. The summed E-state index contributed by atoms with van der Waals surface area (Å²) >= 11 is 0. The normalized spacial score (nSPS) is 23.3. The number of benzene rings is 1. The molecule has 18 heavy (non-hydrogen) atoms. The number of nitrogens with zero attached hydrogens (tertiary/aromatic N) is 1. The minimum absolute atomic E-state index is 0.198. The van der Waals surface area contributed by atoms with Gasteiger partial charge in [-0.15, -0.1) is 0 Å². The lowest BCUT2D eigenvalue weighted by Crippen LogP contribution is -2.45. The van der Waals surface area contributed by atoms with Crippen molar-refractivity contribution in [3.8, 4) is 5.75 Å². The number of amides is 3. The summed E-state index contributed by atoms with van der Waals surface area (Å²) in [7, 11) is 0. The van der Waals surface area contributed by atoms with Crippen molar-refractivity contribution in [2.75, 3.05) is 0 Å². The highest BCUT2D eigenvalue weighted by Gasteiger charge is 2.46. The number of hydrogen-bond donors (Lipinski definition) is 3. The summed E-state index contributed by atoms with van der Waals surface area (Å²) in [5.74, 6) is 5.10. The van der Waals surface area contributed by atoms with Gasteiger partial charge in [0.05, 0.1) is 0 Å². The summed E-state index contributed by atoms with van der Waals surface area (Å²) in [4.78, 5) is 23.1. The van der Waals surface area contributed by atoms with Gasteiger partial charge in [0.25, 0.3) is 5.91 Å². The Kier molecular flexibility index (Phi) is 2.96. The van der Waals surface area contributed by atoms with Crippen LogP contribution in [-0.4, -0.2) is 27.6 Å². The van der Waals surface area contributed by atoms with Crippen molar-refractivity contribution in [3.63, 3.8) is 0 Å². The molecule has 2 rings (SSSR count). The standard InChI is InChI=1S/C12H15N3O3/c1-12(10(17)15(13)11(18)14-12)7-6-8-2-4-9(16)5-3-8/h2-5,16H,6-7,13H2,1H3,(H,14,18)/t12-/m0/s1. The van der Waals surface area contributed by atoms with E-state index in [1.165, 1.54) is 0 Å². The molecule has 0 bridgehead atoms. The van der Waals surface area contributed by atoms with Crippen LogP contribution in [0.2, 0.25) is 0 Å². The molecule has 0 spiro atoms. The molecule has 0 unspecified atom stereocenters. The van der Waals surface area contributed by atoms with Crippen LogP contribution in [0.15, 0.2) is 24.3 Å². The summed E-state index contributed by atoms with van der Waals surface area (Å²) in [6, 6.07) is 6.15. The molecule has 1 heterocycles. The highest BCUT2D eigenvalue weighted by atomic mass is 16.3. The third kappa shape index (κ3) is 2.14. The lowest BCUT2D eigenvalue weighted by molar-refractivity contribution is -0.131. The van der Waals surface area contributed by atoms with Crippen LogP contribution in [-0.2, 0) is 11.2 Å². The number of hydrazine groups is 1. The molecule has 3 amide bonds. The number of hydrogen-bond acceptors (Lipinski definition) is 4. The van der Waals surface area contributed by atoms with Crippen molar-refractivity contribution in [2.24, 2.45) is 5.84 Å². The van der Waals surface area contributed by atoms with E-state index in [0.717, 1.165) is 5.56 Å². The molecule has 4 N–H and O–H groups in total. The van der Waals surface area contributed by atoms with E-state index in [-0.39, 0.29) is 5.75 Å². The van der Waals surface area contributed by atoms with E-state index in [0.29, 0.717) is 17.9 Å². The summed E-state index contributed by atoms with van der Waals surface area (Å²) in [5, 5.41) is 12.3. The van der Waals surface area contributed by atoms with Gasteiger partial charge < -0.3 is 10.4 Å². The van der Waals surface area contributed by atoms with Gasteiger partial charge in [-0.05, 0) is 37.5 Å². The van der Waals surface area contributed by atoms with Gasteiger partial charge in [0, 0.05) is 0 Å². The van der Waals surface area contributed by atoms with E-state index in [1.54, 1.807) is 31.2 Å². The lowest BCUT2D eigenvalue weighted by atomic mass is 9.93. The Bertz CT molecular complexity index is 486. The smallest absolute Gasteiger partial charge is 0.339 e. The van der Waals surface area contributed by atoms with Crippen molar-refractivity contribution >= 4 is 11.9 Å². The second-order valence-electron chi connectivity index (χ2n) is 4.60. The quantitative estimate of drug-likeness (QED) is 0.413. The highest BCUT2D eigenvalue weighted by molar-refractivity contribution is 6.06. The second-order valence-corrected chi connectivity index (χ2v) is 4.60. The fourth-order valence-corrected chi connectivity index (χ4v) is 1.93. The number of nitrogens with one attached hydrogen (secondary N) is 1. The fourth-order valence-electron chi connectivity index (χ4n) is 1.93. The molecule has 0 aromatic heterocycles. The second kappa shape index (κ2) is 4.30. The third-order valence-electron chi connectivity index (χ3n) is 3.14. The Hall–Kier alpha value is -2.08. The fraction of sp³-hybridized carbons (Fsp3) is 0.333. The number of urea groups is 1. The first-order chi connectivity index (χ1) is 8.42. The van der Waals surface area contributed by atoms with Gasteiger partial charge in [0.15, 0.2) is 0 Å². The van der Waals surface area contributed by atoms with Crippen molar-refractivity contribution < 1.29 is 14.7 Å². The number of phenols is 1. The van der Waals surface area contributed by atoms with Crippen LogP contribution in [0, 0.1) is 0 Å². The highest BCUT2D eigenvalue weighted by Crippen LogP contribution is 2.22. The van der Waals surface area contributed by atoms with Crippen molar-refractivity contribution in [1.29, 1.82) is 0 Å². The van der Waals surface area contributed by atoms with Crippen LogP contribution in [0.4, 0.5) is 4.79 Å². The number of aryl methyl sites for hydroxylation is 1. The zero-order valence-corrected chi connectivity index (χ0v) is 10.0. The SMILES string of the molecule is C[C@@]1(CCc2ccc(O)cc2)NC(=O)N(N)C1=O. The van der Waals surface area contributed by atoms with Gasteiger partial charge in [-0.3, -0.25) is 4.79 Å². The molecule has 1 aliphatic rings. The molecule has 6 nitrogen and oxygen atoms in total. The molecular formula is C12H15N3O3. The van der Waals surface area contributed by atoms with Crippen molar-refractivity contribution in [3.05, 3.63) is 29.8 Å². The maximum Gasteiger partial charge on any atom is 0.339 e. The number of phenolic OH excluding ortho intramolecular Hbond substituents is 1. The summed E-state index contributed by atoms with van der Waals surface area (Å²) in [5.41, 5.74) is 0.0236. The largest absolute Gasteiger partial charge is 0.508 e. The van der Waals surface area contributed by atoms with Gasteiger partial charge in [-0.2, -0.15) is 5.01 Å². The summed E-state index contributed by atoms with van der Waals surface area (Å²) < 4.78 is 0. The van der Waals surface area contributed by atoms with Crippen molar-refractivity contribution in [2.45, 2.75) is 25.3 Å². The maximum atomic E-state index is 11.8. The number of aromatic hydroxyl groups is 1. The molecule has 96 valence electrons. The third-order valence-corrected chi connectivity index (χ3v) is 3.14. The zero-order valence-electron chi connectivity index (χ0n) is 10.0. The molecule has 1 aromatic carbocycles. The van der Waals surface area contributed by atoms with Gasteiger partial charge in [-0.1, -0.05) is 12.1 Å². The molecule has 1 saturated heterocycles. The van der Waals surface area contributed by atoms with E-state index in [1.807, 2.05) is 0 Å². The van der Waals surface area contributed by atoms with E-state index < -0.39 is 17.5 Å². The van der Waals surface area contributed by atoms with Crippen LogP contribution in [0.1, 0.15) is 18.9 Å². The van der Waals surface area contributed by atoms with E-state index in [4.69, 9.17) is 10.9 Å². The van der Waals surface area contributed by atoms with Gasteiger partial charge in [-0.25, -0.2) is 10.6 Å². The number of rotatable bonds is 3. The van der Waals surface area contributed by atoms with E-state index in [2.05, 4.69) is 5.32 Å². The molecule has 1 aromatic rings. The average Bonchev–Trinajstić information content (AvgIpc) is 2.53. The lowest BCUT2D eigenvalue weighted by Gasteiger charge is -2.20. The first-order valence-electron chi connectivity index (χ1n) is 5.62. The Morgan fingerprint density at radius 3 is 2.44 bits per heavy atom. The number of carbonyl (C=O) groups is 2. The minimum atomic E-state index is -0.955. The predicted octanol–water partition coefficient (Wildman–Crippen LogP) is 0.509. The van der Waals surface area contributed by atoms with Gasteiger partial charge >= 0.3 is 6.03 Å². The molecule has 0 aliphatic carbocycles. The number of carbonyl (C=O) groups excluding carboxylic acids is 2. The molecular weight excluding hydrogens is 234 g/mol. The average molecular weight is 249 g/mol. The Morgan fingerprint density at radius 1 is 1.33 bits per heavy atom. The van der Waals surface area contributed by atoms with Crippen molar-refractivity contribution in [1.82, 2.24) is 10.3 Å². The molecule has 6 heteroatoms. The van der Waals surface area contributed by atoms with E-state index in [9.17, 15) is 9.59 Å². The topological polar surface area (TPSA) is 95.7 Å². The van der Waals surface area contributed by atoms with Crippen LogP contribution in [0.25, 0.3) is 0 Å². The first-order valence-corrected chi connectivity index (χ1v) is 5.62. The molecule has 1 aliphatic heterocycles. The summed E-state index contributed by atoms with van der Waals surface area (Å²) in [6.07, 6.45) is 1.06. The molecule has 0 radical (unpaired) electrons. The number of nitrogens with two attached hydrogens (primary N) is 1. The predicted molar refractivity (Wildman–Crippen MR) is 64.4 cm³/mol. The van der Waals surface area contributed by atoms with Gasteiger partial charge in [0.2, 0.25) is 0 Å². The summed E-state index contributed by atoms with van der Waals surface area (Å²) in [6.45, 7) is 1.65. The van der Waals surface area contributed by atoms with Crippen LogP contribution < -0.4 is 11.2 Å². The van der Waals surface area contributed by atoms with Crippen LogP contribution in [0.3, 0.4) is 0 Å². The molecule has 1 fully saturated rings. The minimum Gasteiger partial charge on any atom is -0.508 e. The molecule has 0 saturated carbocycles. The number of imide groups is 1. The first kappa shape index (κ1) is 12.4. The maximum absolute atomic E-state index is 11.8. The van der Waals surface area contributed by atoms with Gasteiger partial charge in [0.1, 0.15) is 11.3 Å². The monoisotopic (exact) mass is 249 g/mol.